The van der Waals surface area contributed by atoms with Crippen LogP contribution in [0.25, 0.3) is 0 Å². The molecular formula is C12H19ClN2O3S. The average Bonchev–Trinajstić information content (AvgIpc) is 2.28. The van der Waals surface area contributed by atoms with Crippen molar-refractivity contribution in [3.63, 3.8) is 0 Å². The predicted octanol–water partition coefficient (Wildman–Crippen LogP) is 1.29. The molecule has 1 rings (SSSR count). The Kier molecular flexibility index (Phi) is 7.04. The molecule has 0 aliphatic rings. The zero-order valence-corrected chi connectivity index (χ0v) is 12.5. The van der Waals surface area contributed by atoms with Crippen molar-refractivity contribution in [2.24, 2.45) is 11.7 Å². The number of carbonyl (C=O) groups excluding carboxylic acids is 1. The first-order valence-corrected chi connectivity index (χ1v) is 7.18. The SMILES string of the molecule is CC(C)CC(N)C(=O)NS(=O)(=O)c1ccccc1.Cl. The Morgan fingerprint density at radius 3 is 2.26 bits per heavy atom. The molecule has 0 radical (unpaired) electrons. The van der Waals surface area contributed by atoms with Crippen LogP contribution in [0.4, 0.5) is 0 Å². The monoisotopic (exact) mass is 306 g/mol. The van der Waals surface area contributed by atoms with Gasteiger partial charge in [0.2, 0.25) is 0 Å². The van der Waals surface area contributed by atoms with Gasteiger partial charge in [0, 0.05) is 0 Å². The Labute approximate surface area is 120 Å². The van der Waals surface area contributed by atoms with Gasteiger partial charge in [-0.1, -0.05) is 32.0 Å². The fourth-order valence-corrected chi connectivity index (χ4v) is 2.53. The first-order valence-electron chi connectivity index (χ1n) is 5.70. The third-order valence-corrected chi connectivity index (χ3v) is 3.71. The molecule has 0 aromatic heterocycles. The Morgan fingerprint density at radius 2 is 1.79 bits per heavy atom. The molecule has 3 N–H and O–H groups in total. The summed E-state index contributed by atoms with van der Waals surface area (Å²) in [6.07, 6.45) is 0.441. The largest absolute Gasteiger partial charge is 0.320 e. The number of carbonyl (C=O) groups is 1. The summed E-state index contributed by atoms with van der Waals surface area (Å²) in [5.41, 5.74) is 5.63. The van der Waals surface area contributed by atoms with E-state index in [-0.39, 0.29) is 23.2 Å². The topological polar surface area (TPSA) is 89.3 Å². The standard InChI is InChI=1S/C12H18N2O3S.ClH/c1-9(2)8-11(13)12(15)14-18(16,17)10-6-4-3-5-7-10;/h3-7,9,11H,8,13H2,1-2H3,(H,14,15);1H. The Balaban J connectivity index is 0.00000324. The van der Waals surface area contributed by atoms with Crippen LogP contribution in [0.2, 0.25) is 0 Å². The van der Waals surface area contributed by atoms with Gasteiger partial charge in [-0.05, 0) is 24.5 Å². The highest BCUT2D eigenvalue weighted by atomic mass is 35.5. The molecular weight excluding hydrogens is 288 g/mol. The lowest BCUT2D eigenvalue weighted by molar-refractivity contribution is -0.120. The first-order chi connectivity index (χ1) is 8.33. The van der Waals surface area contributed by atoms with Crippen LogP contribution < -0.4 is 10.5 Å². The fourth-order valence-electron chi connectivity index (χ4n) is 1.48. The van der Waals surface area contributed by atoms with Crippen molar-refractivity contribution >= 4 is 28.3 Å². The number of benzene rings is 1. The number of amides is 1. The summed E-state index contributed by atoms with van der Waals surface area (Å²) in [6.45, 7) is 3.83. The Morgan fingerprint density at radius 1 is 1.26 bits per heavy atom. The molecule has 0 heterocycles. The van der Waals surface area contributed by atoms with Gasteiger partial charge in [-0.2, -0.15) is 0 Å². The van der Waals surface area contributed by atoms with Gasteiger partial charge in [0.25, 0.3) is 15.9 Å². The van der Waals surface area contributed by atoms with Gasteiger partial charge in [-0.25, -0.2) is 13.1 Å². The number of rotatable bonds is 5. The first kappa shape index (κ1) is 17.9. The highest BCUT2D eigenvalue weighted by Gasteiger charge is 2.22. The van der Waals surface area contributed by atoms with Crippen LogP contribution >= 0.6 is 12.4 Å². The summed E-state index contributed by atoms with van der Waals surface area (Å²) in [6, 6.07) is 6.90. The number of hydrogen-bond acceptors (Lipinski definition) is 4. The predicted molar refractivity (Wildman–Crippen MR) is 76.4 cm³/mol. The van der Waals surface area contributed by atoms with E-state index in [1.807, 2.05) is 18.6 Å². The molecule has 1 aromatic carbocycles. The maximum absolute atomic E-state index is 11.8. The molecule has 7 heteroatoms. The van der Waals surface area contributed by atoms with E-state index >= 15 is 0 Å². The van der Waals surface area contributed by atoms with E-state index in [1.54, 1.807) is 18.2 Å². The van der Waals surface area contributed by atoms with Gasteiger partial charge in [-0.3, -0.25) is 4.79 Å². The van der Waals surface area contributed by atoms with Crippen LogP contribution in [0.5, 0.6) is 0 Å². The lowest BCUT2D eigenvalue weighted by atomic mass is 10.0. The zero-order valence-electron chi connectivity index (χ0n) is 10.9. The van der Waals surface area contributed by atoms with Gasteiger partial charge in [0.15, 0.2) is 0 Å². The third-order valence-electron chi connectivity index (χ3n) is 2.35. The minimum atomic E-state index is -3.82. The number of halogens is 1. The normalized spacial score (nSPS) is 12.6. The zero-order chi connectivity index (χ0) is 13.8. The van der Waals surface area contributed by atoms with E-state index in [0.717, 1.165) is 0 Å². The van der Waals surface area contributed by atoms with Gasteiger partial charge in [0.1, 0.15) is 0 Å². The fraction of sp³-hybridized carbons (Fsp3) is 0.417. The van der Waals surface area contributed by atoms with E-state index in [9.17, 15) is 13.2 Å². The minimum Gasteiger partial charge on any atom is -0.320 e. The number of hydrogen-bond donors (Lipinski definition) is 2. The molecule has 1 atom stereocenters. The molecule has 5 nitrogen and oxygen atoms in total. The van der Waals surface area contributed by atoms with Crippen LogP contribution in [0, 0.1) is 5.92 Å². The van der Waals surface area contributed by atoms with E-state index in [4.69, 9.17) is 5.73 Å². The lowest BCUT2D eigenvalue weighted by Crippen LogP contribution is -2.43. The van der Waals surface area contributed by atoms with Crippen molar-refractivity contribution < 1.29 is 13.2 Å². The molecule has 1 aromatic rings. The summed E-state index contributed by atoms with van der Waals surface area (Å²) < 4.78 is 25.7. The molecule has 0 aliphatic heterocycles. The lowest BCUT2D eigenvalue weighted by Gasteiger charge is -2.14. The minimum absolute atomic E-state index is 0. The van der Waals surface area contributed by atoms with Crippen molar-refractivity contribution in [3.05, 3.63) is 30.3 Å². The molecule has 1 amide bonds. The van der Waals surface area contributed by atoms with Crippen molar-refractivity contribution in [3.8, 4) is 0 Å². The van der Waals surface area contributed by atoms with Crippen LogP contribution in [-0.4, -0.2) is 20.4 Å². The van der Waals surface area contributed by atoms with Gasteiger partial charge in [0.05, 0.1) is 10.9 Å². The smallest absolute Gasteiger partial charge is 0.264 e. The molecule has 0 saturated heterocycles. The maximum atomic E-state index is 11.8. The van der Waals surface area contributed by atoms with Gasteiger partial charge in [-0.15, -0.1) is 12.4 Å². The van der Waals surface area contributed by atoms with Gasteiger partial charge < -0.3 is 5.73 Å². The second kappa shape index (κ2) is 7.47. The average molecular weight is 307 g/mol. The molecule has 0 fully saturated rings. The van der Waals surface area contributed by atoms with E-state index < -0.39 is 22.0 Å². The van der Waals surface area contributed by atoms with Crippen molar-refractivity contribution in [1.29, 1.82) is 0 Å². The highest BCUT2D eigenvalue weighted by molar-refractivity contribution is 7.90. The summed E-state index contributed by atoms with van der Waals surface area (Å²) in [4.78, 5) is 11.7. The summed E-state index contributed by atoms with van der Waals surface area (Å²) in [7, 11) is -3.82. The molecule has 1 unspecified atom stereocenters. The van der Waals surface area contributed by atoms with E-state index in [2.05, 4.69) is 0 Å². The van der Waals surface area contributed by atoms with Crippen molar-refractivity contribution in [2.45, 2.75) is 31.2 Å². The molecule has 108 valence electrons. The quantitative estimate of drug-likeness (QED) is 0.857. The van der Waals surface area contributed by atoms with Crippen LogP contribution in [0.3, 0.4) is 0 Å². The second-order valence-corrected chi connectivity index (χ2v) is 6.20. The molecule has 19 heavy (non-hydrogen) atoms. The van der Waals surface area contributed by atoms with E-state index in [0.29, 0.717) is 6.42 Å². The molecule has 0 spiro atoms. The number of nitrogens with one attached hydrogen (secondary N) is 1. The summed E-state index contributed by atoms with van der Waals surface area (Å²) >= 11 is 0. The summed E-state index contributed by atoms with van der Waals surface area (Å²) in [5.74, 6) is -0.447. The van der Waals surface area contributed by atoms with Gasteiger partial charge >= 0.3 is 0 Å². The molecule has 0 bridgehead atoms. The van der Waals surface area contributed by atoms with E-state index in [1.165, 1.54) is 12.1 Å². The van der Waals surface area contributed by atoms with Crippen molar-refractivity contribution in [2.75, 3.05) is 0 Å². The Hall–Kier alpha value is -1.11. The number of sulfonamides is 1. The third kappa shape index (κ3) is 5.59. The Bertz CT molecular complexity index is 503. The summed E-state index contributed by atoms with van der Waals surface area (Å²) in [5, 5.41) is 0. The highest BCUT2D eigenvalue weighted by Crippen LogP contribution is 2.08. The second-order valence-electron chi connectivity index (χ2n) is 4.52. The molecule has 0 aliphatic carbocycles. The maximum Gasteiger partial charge on any atom is 0.264 e. The molecule has 0 saturated carbocycles. The van der Waals surface area contributed by atoms with Crippen LogP contribution in [0.1, 0.15) is 20.3 Å². The van der Waals surface area contributed by atoms with Crippen LogP contribution in [-0.2, 0) is 14.8 Å². The van der Waals surface area contributed by atoms with Crippen molar-refractivity contribution in [1.82, 2.24) is 4.72 Å². The number of nitrogens with two attached hydrogens (primary N) is 1. The van der Waals surface area contributed by atoms with Crippen LogP contribution in [0.15, 0.2) is 35.2 Å².